The van der Waals surface area contributed by atoms with E-state index in [1.54, 1.807) is 19.5 Å². The van der Waals surface area contributed by atoms with Crippen LogP contribution < -0.4 is 10.1 Å². The first kappa shape index (κ1) is 19.7. The van der Waals surface area contributed by atoms with Crippen LogP contribution in [0.4, 0.5) is 5.69 Å². The highest BCUT2D eigenvalue weighted by molar-refractivity contribution is 7.21. The summed E-state index contributed by atoms with van der Waals surface area (Å²) in [7, 11) is 1.57. The number of fused-ring (bicyclic) bond motifs is 1. The number of hydrogen-bond donors (Lipinski definition) is 1. The van der Waals surface area contributed by atoms with E-state index in [1.807, 2.05) is 0 Å². The Morgan fingerprint density at radius 2 is 2.08 bits per heavy atom. The molecule has 2 aromatic rings. The van der Waals surface area contributed by atoms with Gasteiger partial charge in [0.1, 0.15) is 15.7 Å². The van der Waals surface area contributed by atoms with Crippen LogP contribution >= 0.6 is 22.9 Å². The fourth-order valence-electron chi connectivity index (χ4n) is 2.60. The van der Waals surface area contributed by atoms with Crippen LogP contribution in [0.3, 0.4) is 0 Å². The second-order valence-electron chi connectivity index (χ2n) is 5.73. The van der Waals surface area contributed by atoms with Crippen molar-refractivity contribution >= 4 is 51.5 Å². The highest BCUT2D eigenvalue weighted by Crippen LogP contribution is 2.40. The van der Waals surface area contributed by atoms with Crippen LogP contribution in [0.1, 0.15) is 55.1 Å². The summed E-state index contributed by atoms with van der Waals surface area (Å²) >= 11 is 7.27. The molecule has 0 unspecified atom stereocenters. The number of pyridine rings is 1. The molecule has 25 heavy (non-hydrogen) atoms. The lowest BCUT2D eigenvalue weighted by atomic mass is 10.1. The highest BCUT2D eigenvalue weighted by atomic mass is 35.5. The number of thiophene rings is 1. The fourth-order valence-corrected chi connectivity index (χ4v) is 3.80. The number of ether oxygens (including phenoxy) is 1. The third-order valence-electron chi connectivity index (χ3n) is 3.89. The number of aldehydes is 1. The van der Waals surface area contributed by atoms with Crippen molar-refractivity contribution in [2.45, 2.75) is 45.4 Å². The maximum atomic E-state index is 11.4. The number of carbonyl (C=O) groups excluding carboxylic acids is 1. The van der Waals surface area contributed by atoms with Crippen molar-refractivity contribution in [2.24, 2.45) is 4.99 Å². The lowest BCUT2D eigenvalue weighted by molar-refractivity contribution is 0.112. The molecule has 0 aromatic carbocycles. The standard InChI is InChI=1S/C18H24ClN3O2S/c1-3-4-5-6-7-8-9-20-12-21-17-14(11-23)25-18-16(17)13(24-2)10-15(19)22-18/h10-12H,3-9H2,1-2H3,(H,20,21). The molecule has 0 saturated carbocycles. The molecule has 2 aromatic heterocycles. The molecule has 0 bridgehead atoms. The number of aliphatic imine (C=N–C) groups is 1. The second-order valence-corrected chi connectivity index (χ2v) is 7.15. The minimum atomic E-state index is 0.339. The average molecular weight is 382 g/mol. The van der Waals surface area contributed by atoms with E-state index in [-0.39, 0.29) is 0 Å². The summed E-state index contributed by atoms with van der Waals surface area (Å²) in [5, 5.41) is 4.21. The summed E-state index contributed by atoms with van der Waals surface area (Å²) in [5.41, 5.74) is 0.669. The van der Waals surface area contributed by atoms with Gasteiger partial charge in [0.05, 0.1) is 29.4 Å². The van der Waals surface area contributed by atoms with Gasteiger partial charge >= 0.3 is 0 Å². The quantitative estimate of drug-likeness (QED) is 0.181. The first-order valence-electron chi connectivity index (χ1n) is 8.58. The molecule has 0 fully saturated rings. The zero-order valence-corrected chi connectivity index (χ0v) is 16.3. The molecule has 0 atom stereocenters. The molecule has 5 nitrogen and oxygen atoms in total. The second kappa shape index (κ2) is 10.4. The Hall–Kier alpha value is -1.66. The number of hydrogen-bond acceptors (Lipinski definition) is 5. The Labute approximate surface area is 157 Å². The van der Waals surface area contributed by atoms with Gasteiger partial charge in [0.15, 0.2) is 6.29 Å². The SMILES string of the molecule is CCCCCCCCN=CNc1c(C=O)sc2nc(Cl)cc(OC)c12. The average Bonchev–Trinajstić information content (AvgIpc) is 2.97. The summed E-state index contributed by atoms with van der Waals surface area (Å²) in [4.78, 5) is 21.2. The van der Waals surface area contributed by atoms with Crippen molar-refractivity contribution in [3.8, 4) is 5.75 Å². The van der Waals surface area contributed by atoms with Crippen molar-refractivity contribution < 1.29 is 9.53 Å². The lowest BCUT2D eigenvalue weighted by Crippen LogP contribution is -1.98. The minimum absolute atomic E-state index is 0.339. The third kappa shape index (κ3) is 5.41. The number of rotatable bonds is 11. The van der Waals surface area contributed by atoms with Crippen LogP contribution in [0.15, 0.2) is 11.1 Å². The Kier molecular flexibility index (Phi) is 8.15. The van der Waals surface area contributed by atoms with E-state index in [0.717, 1.165) is 24.6 Å². The van der Waals surface area contributed by atoms with E-state index in [1.165, 1.54) is 43.4 Å². The van der Waals surface area contributed by atoms with Crippen LogP contribution in [-0.4, -0.2) is 31.3 Å². The van der Waals surface area contributed by atoms with Gasteiger partial charge in [-0.3, -0.25) is 9.79 Å². The summed E-state index contributed by atoms with van der Waals surface area (Å²) in [6.07, 6.45) is 9.88. The maximum absolute atomic E-state index is 11.4. The molecule has 0 spiro atoms. The van der Waals surface area contributed by atoms with Gasteiger partial charge in [-0.15, -0.1) is 11.3 Å². The van der Waals surface area contributed by atoms with Gasteiger partial charge in [0, 0.05) is 12.6 Å². The first-order valence-corrected chi connectivity index (χ1v) is 9.77. The number of anilines is 1. The number of nitrogens with one attached hydrogen (secondary N) is 1. The Balaban J connectivity index is 2.00. The lowest BCUT2D eigenvalue weighted by Gasteiger charge is -2.05. The molecular formula is C18H24ClN3O2S. The van der Waals surface area contributed by atoms with Crippen LogP contribution in [0.5, 0.6) is 5.75 Å². The number of unbranched alkanes of at least 4 members (excludes halogenated alkanes) is 5. The van der Waals surface area contributed by atoms with Crippen LogP contribution in [0.2, 0.25) is 5.15 Å². The molecule has 7 heteroatoms. The first-order chi connectivity index (χ1) is 12.2. The van der Waals surface area contributed by atoms with Crippen molar-refractivity contribution in [1.29, 1.82) is 0 Å². The normalized spacial score (nSPS) is 11.3. The number of aromatic nitrogens is 1. The van der Waals surface area contributed by atoms with E-state index in [0.29, 0.717) is 26.3 Å². The van der Waals surface area contributed by atoms with E-state index in [4.69, 9.17) is 16.3 Å². The Morgan fingerprint density at radius 3 is 2.80 bits per heavy atom. The predicted molar refractivity (Wildman–Crippen MR) is 107 cm³/mol. The summed E-state index contributed by atoms with van der Waals surface area (Å²) in [5.74, 6) is 0.589. The fraction of sp³-hybridized carbons (Fsp3) is 0.500. The van der Waals surface area contributed by atoms with Gasteiger partial charge in [-0.05, 0) is 6.42 Å². The summed E-state index contributed by atoms with van der Waals surface area (Å²) in [6.45, 7) is 3.00. The van der Waals surface area contributed by atoms with E-state index in [9.17, 15) is 4.79 Å². The van der Waals surface area contributed by atoms with Gasteiger partial charge in [-0.2, -0.15) is 0 Å². The highest BCUT2D eigenvalue weighted by Gasteiger charge is 2.17. The van der Waals surface area contributed by atoms with Crippen molar-refractivity contribution in [1.82, 2.24) is 4.98 Å². The largest absolute Gasteiger partial charge is 0.496 e. The molecule has 0 aliphatic heterocycles. The molecular weight excluding hydrogens is 358 g/mol. The van der Waals surface area contributed by atoms with Crippen molar-refractivity contribution in [3.63, 3.8) is 0 Å². The molecule has 0 aliphatic carbocycles. The van der Waals surface area contributed by atoms with E-state index in [2.05, 4.69) is 22.2 Å². The maximum Gasteiger partial charge on any atom is 0.162 e. The molecule has 0 aliphatic rings. The molecule has 2 rings (SSSR count). The number of halogens is 1. The zero-order chi connectivity index (χ0) is 18.1. The molecule has 0 saturated heterocycles. The van der Waals surface area contributed by atoms with Gasteiger partial charge in [-0.1, -0.05) is 50.6 Å². The van der Waals surface area contributed by atoms with Crippen LogP contribution in [0.25, 0.3) is 10.2 Å². The van der Waals surface area contributed by atoms with Crippen LogP contribution in [-0.2, 0) is 0 Å². The molecule has 1 N–H and O–H groups in total. The van der Waals surface area contributed by atoms with Gasteiger partial charge < -0.3 is 10.1 Å². The summed E-state index contributed by atoms with van der Waals surface area (Å²) < 4.78 is 5.38. The monoisotopic (exact) mass is 381 g/mol. The van der Waals surface area contributed by atoms with Gasteiger partial charge in [-0.25, -0.2) is 4.98 Å². The molecule has 2 heterocycles. The number of methoxy groups -OCH3 is 1. The minimum Gasteiger partial charge on any atom is -0.496 e. The molecule has 0 amide bonds. The Bertz CT molecular complexity index is 731. The number of nitrogens with zero attached hydrogens (tertiary/aromatic N) is 2. The van der Waals surface area contributed by atoms with Gasteiger partial charge in [0.2, 0.25) is 0 Å². The smallest absolute Gasteiger partial charge is 0.162 e. The van der Waals surface area contributed by atoms with E-state index < -0.39 is 0 Å². The van der Waals surface area contributed by atoms with Gasteiger partial charge in [0.25, 0.3) is 0 Å². The van der Waals surface area contributed by atoms with E-state index >= 15 is 0 Å². The predicted octanol–water partition coefficient (Wildman–Crippen LogP) is 5.57. The summed E-state index contributed by atoms with van der Waals surface area (Å²) in [6, 6.07) is 1.64. The van der Waals surface area contributed by atoms with Crippen molar-refractivity contribution in [3.05, 3.63) is 16.1 Å². The molecule has 0 radical (unpaired) electrons. The third-order valence-corrected chi connectivity index (χ3v) is 5.09. The van der Waals surface area contributed by atoms with Crippen molar-refractivity contribution in [2.75, 3.05) is 19.0 Å². The topological polar surface area (TPSA) is 63.6 Å². The number of carbonyl (C=O) groups is 1. The zero-order valence-electron chi connectivity index (χ0n) is 14.7. The molecule has 136 valence electrons. The van der Waals surface area contributed by atoms with Crippen LogP contribution in [0, 0.1) is 0 Å². The Morgan fingerprint density at radius 1 is 1.32 bits per heavy atom.